The molecule has 0 aromatic heterocycles. The van der Waals surface area contributed by atoms with Gasteiger partial charge in [-0.05, 0) is 29.8 Å². The molecule has 0 spiro atoms. The first-order valence-corrected chi connectivity index (χ1v) is 8.84. The summed E-state index contributed by atoms with van der Waals surface area (Å²) in [4.78, 5) is 23.4. The Labute approximate surface area is 144 Å². The van der Waals surface area contributed by atoms with Gasteiger partial charge in [-0.15, -0.1) is 0 Å². The Balaban J connectivity index is 1.73. The zero-order valence-corrected chi connectivity index (χ0v) is 13.7. The molecule has 0 atom stereocenters. The summed E-state index contributed by atoms with van der Waals surface area (Å²) in [5.74, 6) is -0.774. The van der Waals surface area contributed by atoms with E-state index in [-0.39, 0.29) is 18.1 Å². The molecule has 7 nitrogen and oxygen atoms in total. The second kappa shape index (κ2) is 6.78. The standard InChI is InChI=1S/C17H14N2O5S/c20-16-11-24-15-10-13(6-7-14(15)18-16)17(21)19-25(22,23)9-8-12-4-2-1-3-5-12/h1-10H,11H2,(H,18,20)(H,19,21)/b9-8+. The molecule has 2 N–H and O–H groups in total. The van der Waals surface area contributed by atoms with Gasteiger partial charge in [0.15, 0.2) is 6.61 Å². The molecule has 0 saturated carbocycles. The third-order valence-electron chi connectivity index (χ3n) is 3.35. The number of hydrogen-bond donors (Lipinski definition) is 2. The third-order valence-corrected chi connectivity index (χ3v) is 4.32. The first-order chi connectivity index (χ1) is 11.9. The largest absolute Gasteiger partial charge is 0.482 e. The minimum absolute atomic E-state index is 0.103. The number of carbonyl (C=O) groups excluding carboxylic acids is 2. The summed E-state index contributed by atoms with van der Waals surface area (Å²) >= 11 is 0. The van der Waals surface area contributed by atoms with E-state index in [1.165, 1.54) is 24.3 Å². The maximum absolute atomic E-state index is 12.2. The Bertz CT molecular complexity index is 952. The van der Waals surface area contributed by atoms with Crippen LogP contribution in [0.1, 0.15) is 15.9 Å². The lowest BCUT2D eigenvalue weighted by molar-refractivity contribution is -0.118. The molecule has 25 heavy (non-hydrogen) atoms. The van der Waals surface area contributed by atoms with Gasteiger partial charge >= 0.3 is 0 Å². The van der Waals surface area contributed by atoms with Gasteiger partial charge in [-0.2, -0.15) is 0 Å². The Hall–Kier alpha value is -3.13. The molecule has 2 amide bonds. The number of amides is 2. The van der Waals surface area contributed by atoms with Crippen LogP contribution < -0.4 is 14.8 Å². The fraction of sp³-hybridized carbons (Fsp3) is 0.0588. The summed E-state index contributed by atoms with van der Waals surface area (Å²) in [7, 11) is -3.95. The molecule has 1 heterocycles. The third kappa shape index (κ3) is 4.24. The number of carbonyl (C=O) groups is 2. The van der Waals surface area contributed by atoms with Gasteiger partial charge in [-0.25, -0.2) is 13.1 Å². The molecule has 0 aliphatic carbocycles. The normalized spacial score (nSPS) is 13.7. The lowest BCUT2D eigenvalue weighted by atomic mass is 10.1. The maximum Gasteiger partial charge on any atom is 0.265 e. The number of rotatable bonds is 4. The molecular formula is C17H14N2O5S. The van der Waals surface area contributed by atoms with Gasteiger partial charge in [0.1, 0.15) is 5.75 Å². The van der Waals surface area contributed by atoms with Crippen LogP contribution in [0.5, 0.6) is 5.75 Å². The summed E-state index contributed by atoms with van der Waals surface area (Å²) < 4.78 is 31.2. The van der Waals surface area contributed by atoms with E-state index in [1.54, 1.807) is 24.3 Å². The van der Waals surface area contributed by atoms with Crippen LogP contribution in [0.15, 0.2) is 53.9 Å². The van der Waals surface area contributed by atoms with E-state index in [0.29, 0.717) is 17.0 Å². The van der Waals surface area contributed by atoms with Gasteiger partial charge in [0.2, 0.25) is 0 Å². The van der Waals surface area contributed by atoms with E-state index in [2.05, 4.69) is 5.32 Å². The van der Waals surface area contributed by atoms with Crippen LogP contribution in [0.25, 0.3) is 6.08 Å². The quantitative estimate of drug-likeness (QED) is 0.867. The SMILES string of the molecule is O=C1COc2cc(C(=O)NS(=O)(=O)/C=C/c3ccccc3)ccc2N1. The highest BCUT2D eigenvalue weighted by Crippen LogP contribution is 2.28. The highest BCUT2D eigenvalue weighted by molar-refractivity contribution is 7.93. The molecule has 2 aromatic rings. The van der Waals surface area contributed by atoms with E-state index in [4.69, 9.17) is 4.74 Å². The fourth-order valence-corrected chi connectivity index (χ4v) is 2.95. The summed E-state index contributed by atoms with van der Waals surface area (Å²) in [6, 6.07) is 13.1. The molecule has 1 aliphatic rings. The molecule has 8 heteroatoms. The lowest BCUT2D eigenvalue weighted by Crippen LogP contribution is -2.29. The van der Waals surface area contributed by atoms with Crippen molar-refractivity contribution in [2.24, 2.45) is 0 Å². The minimum atomic E-state index is -3.95. The molecule has 0 radical (unpaired) electrons. The van der Waals surface area contributed by atoms with Crippen LogP contribution in [0.3, 0.4) is 0 Å². The summed E-state index contributed by atoms with van der Waals surface area (Å²) in [6.07, 6.45) is 1.39. The topological polar surface area (TPSA) is 102 Å². The van der Waals surface area contributed by atoms with Crippen molar-refractivity contribution in [3.8, 4) is 5.75 Å². The number of ether oxygens (including phenoxy) is 1. The molecule has 2 aromatic carbocycles. The Morgan fingerprint density at radius 1 is 1.16 bits per heavy atom. The highest BCUT2D eigenvalue weighted by Gasteiger charge is 2.19. The predicted molar refractivity (Wildman–Crippen MR) is 92.4 cm³/mol. The maximum atomic E-state index is 12.2. The average Bonchev–Trinajstić information content (AvgIpc) is 2.60. The monoisotopic (exact) mass is 358 g/mol. The average molecular weight is 358 g/mol. The van der Waals surface area contributed by atoms with Gasteiger partial charge in [0.05, 0.1) is 11.1 Å². The first kappa shape index (κ1) is 16.7. The summed E-state index contributed by atoms with van der Waals surface area (Å²) in [6.45, 7) is -0.157. The van der Waals surface area contributed by atoms with Crippen molar-refractivity contribution in [3.63, 3.8) is 0 Å². The lowest BCUT2D eigenvalue weighted by Gasteiger charge is -2.18. The van der Waals surface area contributed by atoms with Gasteiger partial charge in [-0.1, -0.05) is 30.3 Å². The second-order valence-electron chi connectivity index (χ2n) is 5.24. The smallest absolute Gasteiger partial charge is 0.265 e. The van der Waals surface area contributed by atoms with Crippen molar-refractivity contribution in [2.75, 3.05) is 11.9 Å². The van der Waals surface area contributed by atoms with Gasteiger partial charge in [0.25, 0.3) is 21.8 Å². The van der Waals surface area contributed by atoms with E-state index in [1.807, 2.05) is 10.8 Å². The molecule has 3 rings (SSSR count). The number of sulfonamides is 1. The van der Waals surface area contributed by atoms with Crippen molar-refractivity contribution in [1.82, 2.24) is 4.72 Å². The van der Waals surface area contributed by atoms with Crippen LogP contribution >= 0.6 is 0 Å². The zero-order chi connectivity index (χ0) is 17.9. The number of benzene rings is 2. The molecule has 0 saturated heterocycles. The Morgan fingerprint density at radius 3 is 2.68 bits per heavy atom. The first-order valence-electron chi connectivity index (χ1n) is 7.30. The van der Waals surface area contributed by atoms with E-state index >= 15 is 0 Å². The summed E-state index contributed by atoms with van der Waals surface area (Å²) in [5.41, 5.74) is 1.23. The molecule has 0 fully saturated rings. The van der Waals surface area contributed by atoms with Crippen LogP contribution in [-0.2, 0) is 14.8 Å². The van der Waals surface area contributed by atoms with Crippen LogP contribution in [0, 0.1) is 0 Å². The minimum Gasteiger partial charge on any atom is -0.482 e. The Kier molecular flexibility index (Phi) is 4.53. The van der Waals surface area contributed by atoms with Gasteiger partial charge in [-0.3, -0.25) is 9.59 Å². The van der Waals surface area contributed by atoms with E-state index in [9.17, 15) is 18.0 Å². The van der Waals surface area contributed by atoms with Crippen molar-refractivity contribution in [3.05, 3.63) is 65.1 Å². The van der Waals surface area contributed by atoms with E-state index < -0.39 is 15.9 Å². The number of hydrogen-bond acceptors (Lipinski definition) is 5. The fourth-order valence-electron chi connectivity index (χ4n) is 2.17. The predicted octanol–water partition coefficient (Wildman–Crippen LogP) is 1.75. The molecule has 128 valence electrons. The van der Waals surface area contributed by atoms with Crippen molar-refractivity contribution in [1.29, 1.82) is 0 Å². The van der Waals surface area contributed by atoms with Crippen LogP contribution in [-0.4, -0.2) is 26.8 Å². The van der Waals surface area contributed by atoms with Crippen LogP contribution in [0.2, 0.25) is 0 Å². The summed E-state index contributed by atoms with van der Waals surface area (Å²) in [5, 5.41) is 3.51. The molecule has 1 aliphatic heterocycles. The number of nitrogens with one attached hydrogen (secondary N) is 2. The second-order valence-corrected chi connectivity index (χ2v) is 6.80. The van der Waals surface area contributed by atoms with Crippen molar-refractivity contribution >= 4 is 33.6 Å². The van der Waals surface area contributed by atoms with Gasteiger partial charge < -0.3 is 10.1 Å². The molecule has 0 unspecified atom stereocenters. The molecular weight excluding hydrogens is 344 g/mol. The van der Waals surface area contributed by atoms with Crippen molar-refractivity contribution in [2.45, 2.75) is 0 Å². The number of anilines is 1. The number of fused-ring (bicyclic) bond motifs is 1. The van der Waals surface area contributed by atoms with Gasteiger partial charge in [0, 0.05) is 5.56 Å². The van der Waals surface area contributed by atoms with E-state index in [0.717, 1.165) is 5.41 Å². The molecule has 0 bridgehead atoms. The Morgan fingerprint density at radius 2 is 1.92 bits per heavy atom. The van der Waals surface area contributed by atoms with Crippen molar-refractivity contribution < 1.29 is 22.7 Å². The highest BCUT2D eigenvalue weighted by atomic mass is 32.2. The van der Waals surface area contributed by atoms with Crippen LogP contribution in [0.4, 0.5) is 5.69 Å². The zero-order valence-electron chi connectivity index (χ0n) is 12.9.